The number of hydrogen-bond donors (Lipinski definition) is 1. The highest BCUT2D eigenvalue weighted by Crippen LogP contribution is 2.14. The van der Waals surface area contributed by atoms with Gasteiger partial charge in [0, 0.05) is 26.6 Å². The van der Waals surface area contributed by atoms with Crippen LogP contribution in [0, 0.1) is 0 Å². The molecule has 20 heavy (non-hydrogen) atoms. The molecule has 3 nitrogen and oxygen atoms in total. The fourth-order valence-electron chi connectivity index (χ4n) is 1.87. The third-order valence-corrected chi connectivity index (χ3v) is 3.68. The molecule has 0 spiro atoms. The molecule has 0 aliphatic rings. The van der Waals surface area contributed by atoms with Crippen LogP contribution in [0.3, 0.4) is 0 Å². The van der Waals surface area contributed by atoms with E-state index in [1.54, 1.807) is 18.4 Å². The van der Waals surface area contributed by atoms with Crippen molar-refractivity contribution in [2.24, 2.45) is 0 Å². The van der Waals surface area contributed by atoms with Gasteiger partial charge >= 0.3 is 0 Å². The van der Waals surface area contributed by atoms with Gasteiger partial charge in [-0.05, 0) is 40.1 Å². The highest BCUT2D eigenvalue weighted by molar-refractivity contribution is 7.07. The molecule has 0 unspecified atom stereocenters. The van der Waals surface area contributed by atoms with E-state index in [-0.39, 0.29) is 0 Å². The van der Waals surface area contributed by atoms with Crippen LogP contribution in [0.2, 0.25) is 0 Å². The van der Waals surface area contributed by atoms with Crippen molar-refractivity contribution in [1.29, 1.82) is 0 Å². The first-order valence-electron chi connectivity index (χ1n) is 6.81. The van der Waals surface area contributed by atoms with E-state index in [1.165, 1.54) is 11.1 Å². The predicted octanol–water partition coefficient (Wildman–Crippen LogP) is 3.11. The molecule has 0 aliphatic carbocycles. The normalized spacial score (nSPS) is 10.7. The lowest BCUT2D eigenvalue weighted by molar-refractivity contribution is 0.199. The van der Waals surface area contributed by atoms with Crippen molar-refractivity contribution < 1.29 is 9.47 Å². The number of benzene rings is 1. The van der Waals surface area contributed by atoms with Gasteiger partial charge in [0.2, 0.25) is 0 Å². The smallest absolute Gasteiger partial charge is 0.119 e. The Morgan fingerprint density at radius 2 is 2.10 bits per heavy atom. The third kappa shape index (κ3) is 5.33. The lowest BCUT2D eigenvalue weighted by atomic mass is 10.2. The third-order valence-electron chi connectivity index (χ3n) is 2.95. The Balaban J connectivity index is 1.74. The molecular formula is C16H21NO2S. The lowest BCUT2D eigenvalue weighted by Gasteiger charge is -2.08. The van der Waals surface area contributed by atoms with Crippen molar-refractivity contribution in [2.75, 3.05) is 26.9 Å². The van der Waals surface area contributed by atoms with Crippen LogP contribution in [0.1, 0.15) is 11.1 Å². The zero-order valence-electron chi connectivity index (χ0n) is 11.8. The van der Waals surface area contributed by atoms with E-state index in [1.807, 2.05) is 12.1 Å². The molecule has 1 aromatic carbocycles. The summed E-state index contributed by atoms with van der Waals surface area (Å²) in [5.41, 5.74) is 2.57. The van der Waals surface area contributed by atoms with E-state index in [0.29, 0.717) is 0 Å². The van der Waals surface area contributed by atoms with Crippen LogP contribution < -0.4 is 10.1 Å². The standard InChI is InChI=1S/C16H21NO2S/c1-18-9-7-17-12-15-3-2-4-16(11-15)19-8-5-14-6-10-20-13-14/h2-4,6,10-11,13,17H,5,7-9,12H2,1H3. The predicted molar refractivity (Wildman–Crippen MR) is 83.5 cm³/mol. The van der Waals surface area contributed by atoms with Gasteiger partial charge in [0.25, 0.3) is 0 Å². The molecule has 0 amide bonds. The Bertz CT molecular complexity index is 485. The van der Waals surface area contributed by atoms with E-state index in [4.69, 9.17) is 9.47 Å². The molecule has 1 aromatic heterocycles. The number of hydrogen-bond acceptors (Lipinski definition) is 4. The summed E-state index contributed by atoms with van der Waals surface area (Å²) >= 11 is 1.73. The summed E-state index contributed by atoms with van der Waals surface area (Å²) in [5, 5.41) is 7.59. The molecule has 0 saturated carbocycles. The van der Waals surface area contributed by atoms with Crippen molar-refractivity contribution in [1.82, 2.24) is 5.32 Å². The highest BCUT2D eigenvalue weighted by Gasteiger charge is 1.98. The van der Waals surface area contributed by atoms with Crippen LogP contribution in [0.25, 0.3) is 0 Å². The Labute approximate surface area is 124 Å². The van der Waals surface area contributed by atoms with Crippen molar-refractivity contribution in [3.63, 3.8) is 0 Å². The molecule has 0 radical (unpaired) electrons. The van der Waals surface area contributed by atoms with E-state index in [9.17, 15) is 0 Å². The largest absolute Gasteiger partial charge is 0.493 e. The van der Waals surface area contributed by atoms with Crippen molar-refractivity contribution in [3.8, 4) is 5.75 Å². The summed E-state index contributed by atoms with van der Waals surface area (Å²) in [7, 11) is 1.71. The summed E-state index contributed by atoms with van der Waals surface area (Å²) in [5.74, 6) is 0.936. The van der Waals surface area contributed by atoms with E-state index < -0.39 is 0 Å². The summed E-state index contributed by atoms with van der Waals surface area (Å²) in [6.45, 7) is 3.15. The molecule has 0 saturated heterocycles. The molecule has 1 heterocycles. The van der Waals surface area contributed by atoms with Gasteiger partial charge in [-0.25, -0.2) is 0 Å². The molecule has 4 heteroatoms. The fraction of sp³-hybridized carbons (Fsp3) is 0.375. The second-order valence-electron chi connectivity index (χ2n) is 4.55. The van der Waals surface area contributed by atoms with Crippen molar-refractivity contribution in [3.05, 3.63) is 52.2 Å². The molecule has 0 atom stereocenters. The zero-order chi connectivity index (χ0) is 14.0. The molecule has 0 aliphatic heterocycles. The minimum absolute atomic E-state index is 0.720. The van der Waals surface area contributed by atoms with Gasteiger partial charge in [-0.15, -0.1) is 0 Å². The van der Waals surface area contributed by atoms with Crippen LogP contribution in [0.15, 0.2) is 41.1 Å². The van der Waals surface area contributed by atoms with Crippen molar-refractivity contribution in [2.45, 2.75) is 13.0 Å². The fourth-order valence-corrected chi connectivity index (χ4v) is 2.58. The number of methoxy groups -OCH3 is 1. The van der Waals surface area contributed by atoms with Crippen LogP contribution in [0.5, 0.6) is 5.75 Å². The van der Waals surface area contributed by atoms with E-state index in [2.05, 4.69) is 34.3 Å². The maximum atomic E-state index is 5.80. The second-order valence-corrected chi connectivity index (χ2v) is 5.33. The van der Waals surface area contributed by atoms with Gasteiger partial charge < -0.3 is 14.8 Å². The average molecular weight is 291 g/mol. The number of thiophene rings is 1. The average Bonchev–Trinajstić information content (AvgIpc) is 2.97. The number of nitrogens with one attached hydrogen (secondary N) is 1. The highest BCUT2D eigenvalue weighted by atomic mass is 32.1. The topological polar surface area (TPSA) is 30.5 Å². The minimum Gasteiger partial charge on any atom is -0.493 e. The number of rotatable bonds is 9. The van der Waals surface area contributed by atoms with Crippen LogP contribution in [-0.2, 0) is 17.7 Å². The van der Waals surface area contributed by atoms with Gasteiger partial charge in [0.05, 0.1) is 13.2 Å². The summed E-state index contributed by atoms with van der Waals surface area (Å²) in [6, 6.07) is 10.4. The monoisotopic (exact) mass is 291 g/mol. The Morgan fingerprint density at radius 3 is 2.90 bits per heavy atom. The molecule has 0 fully saturated rings. The van der Waals surface area contributed by atoms with E-state index >= 15 is 0 Å². The summed E-state index contributed by atoms with van der Waals surface area (Å²) in [4.78, 5) is 0. The first-order valence-corrected chi connectivity index (χ1v) is 7.75. The first kappa shape index (κ1) is 15.0. The van der Waals surface area contributed by atoms with Crippen LogP contribution in [0.4, 0.5) is 0 Å². The van der Waals surface area contributed by atoms with Gasteiger partial charge in [-0.1, -0.05) is 12.1 Å². The maximum Gasteiger partial charge on any atom is 0.119 e. The Kier molecular flexibility index (Phi) is 6.57. The van der Waals surface area contributed by atoms with E-state index in [0.717, 1.165) is 38.5 Å². The number of ether oxygens (including phenoxy) is 2. The second kappa shape index (κ2) is 8.74. The molecule has 108 valence electrons. The van der Waals surface area contributed by atoms with Crippen molar-refractivity contribution >= 4 is 11.3 Å². The van der Waals surface area contributed by atoms with Crippen LogP contribution >= 0.6 is 11.3 Å². The molecule has 1 N–H and O–H groups in total. The van der Waals surface area contributed by atoms with Gasteiger partial charge in [0.1, 0.15) is 5.75 Å². The maximum absolute atomic E-state index is 5.80. The first-order chi connectivity index (χ1) is 9.88. The van der Waals surface area contributed by atoms with Gasteiger partial charge in [-0.3, -0.25) is 0 Å². The molecular weight excluding hydrogens is 270 g/mol. The molecule has 0 bridgehead atoms. The Morgan fingerprint density at radius 1 is 1.15 bits per heavy atom. The molecule has 2 rings (SSSR count). The Hall–Kier alpha value is -1.36. The van der Waals surface area contributed by atoms with Gasteiger partial charge in [0.15, 0.2) is 0 Å². The minimum atomic E-state index is 0.720. The summed E-state index contributed by atoms with van der Waals surface area (Å²) in [6.07, 6.45) is 0.958. The lowest BCUT2D eigenvalue weighted by Crippen LogP contribution is -2.18. The van der Waals surface area contributed by atoms with Crippen LogP contribution in [-0.4, -0.2) is 26.9 Å². The SMILES string of the molecule is COCCNCc1cccc(OCCc2ccsc2)c1. The quantitative estimate of drug-likeness (QED) is 0.720. The summed E-state index contributed by atoms with van der Waals surface area (Å²) < 4.78 is 10.8. The van der Waals surface area contributed by atoms with Gasteiger partial charge in [-0.2, -0.15) is 11.3 Å². The zero-order valence-corrected chi connectivity index (χ0v) is 12.6. The molecule has 2 aromatic rings.